The smallest absolute Gasteiger partial charge is 0.242 e. The molecule has 0 radical (unpaired) electrons. The Labute approximate surface area is 149 Å². The van der Waals surface area contributed by atoms with Crippen LogP contribution in [0, 0.1) is 6.92 Å². The molecule has 1 fully saturated rings. The molecule has 2 aromatic rings. The Morgan fingerprint density at radius 3 is 2.83 bits per heavy atom. The Morgan fingerprint density at radius 2 is 2.08 bits per heavy atom. The topological polar surface area (TPSA) is 62.4 Å². The molecule has 1 heterocycles. The van der Waals surface area contributed by atoms with Gasteiger partial charge in [-0.15, -0.1) is 0 Å². The summed E-state index contributed by atoms with van der Waals surface area (Å²) in [4.78, 5) is 12.5. The molecule has 0 aromatic heterocycles. The van der Waals surface area contributed by atoms with E-state index >= 15 is 0 Å². The van der Waals surface area contributed by atoms with E-state index in [1.54, 1.807) is 7.11 Å². The van der Waals surface area contributed by atoms with Crippen LogP contribution in [0.25, 0.3) is 0 Å². The minimum atomic E-state index is -0.287. The Morgan fingerprint density at radius 1 is 1.25 bits per heavy atom. The summed E-state index contributed by atoms with van der Waals surface area (Å²) in [5, 5.41) is 2.96. The Balaban J connectivity index is 1.64. The highest BCUT2D eigenvalue weighted by molar-refractivity contribution is 9.10. The van der Waals surface area contributed by atoms with Crippen molar-refractivity contribution < 1.29 is 9.53 Å². The standard InChI is InChI=1S/C18H20BrN3O2/c1-11-8-13(6-7-15(11)19)20-18(23)17-10-16(21-22-17)12-4-3-5-14(9-12)24-2/h3-9,16-17,21-22H,10H2,1-2H3,(H,20,23). The molecule has 5 nitrogen and oxygen atoms in total. The fourth-order valence-electron chi connectivity index (χ4n) is 2.76. The quantitative estimate of drug-likeness (QED) is 0.750. The van der Waals surface area contributed by atoms with Crippen LogP contribution in [-0.4, -0.2) is 19.1 Å². The lowest BCUT2D eigenvalue weighted by Crippen LogP contribution is -2.39. The molecule has 2 atom stereocenters. The van der Waals surface area contributed by atoms with E-state index in [4.69, 9.17) is 4.74 Å². The molecule has 0 saturated carbocycles. The average molecular weight is 390 g/mol. The van der Waals surface area contributed by atoms with Crippen molar-refractivity contribution >= 4 is 27.5 Å². The second kappa shape index (κ2) is 7.34. The van der Waals surface area contributed by atoms with Crippen molar-refractivity contribution in [1.29, 1.82) is 0 Å². The Bertz CT molecular complexity index is 751. The van der Waals surface area contributed by atoms with Crippen molar-refractivity contribution in [2.45, 2.75) is 25.4 Å². The van der Waals surface area contributed by atoms with E-state index in [-0.39, 0.29) is 18.0 Å². The van der Waals surface area contributed by atoms with Gasteiger partial charge in [-0.3, -0.25) is 4.79 Å². The minimum Gasteiger partial charge on any atom is -0.497 e. The Kier molecular flexibility index (Phi) is 5.18. The second-order valence-electron chi connectivity index (χ2n) is 5.86. The molecule has 24 heavy (non-hydrogen) atoms. The lowest BCUT2D eigenvalue weighted by Gasteiger charge is -2.12. The van der Waals surface area contributed by atoms with Gasteiger partial charge in [0.25, 0.3) is 0 Å². The van der Waals surface area contributed by atoms with Crippen molar-refractivity contribution in [2.75, 3.05) is 12.4 Å². The largest absolute Gasteiger partial charge is 0.497 e. The summed E-state index contributed by atoms with van der Waals surface area (Å²) in [6.45, 7) is 1.99. The van der Waals surface area contributed by atoms with Gasteiger partial charge >= 0.3 is 0 Å². The number of ether oxygens (including phenoxy) is 1. The van der Waals surface area contributed by atoms with Gasteiger partial charge in [0.2, 0.25) is 5.91 Å². The van der Waals surface area contributed by atoms with Gasteiger partial charge in [0.15, 0.2) is 0 Å². The van der Waals surface area contributed by atoms with Gasteiger partial charge in [0, 0.05) is 16.2 Å². The van der Waals surface area contributed by atoms with Crippen LogP contribution in [-0.2, 0) is 4.79 Å². The molecule has 126 valence electrons. The fraction of sp³-hybridized carbons (Fsp3) is 0.278. The van der Waals surface area contributed by atoms with Gasteiger partial charge < -0.3 is 10.1 Å². The number of carbonyl (C=O) groups excluding carboxylic acids is 1. The van der Waals surface area contributed by atoms with Crippen LogP contribution in [0.2, 0.25) is 0 Å². The first kappa shape index (κ1) is 17.0. The van der Waals surface area contributed by atoms with E-state index in [0.29, 0.717) is 6.42 Å². The van der Waals surface area contributed by atoms with E-state index in [9.17, 15) is 4.79 Å². The van der Waals surface area contributed by atoms with Crippen molar-refractivity contribution in [1.82, 2.24) is 10.9 Å². The first-order valence-corrected chi connectivity index (χ1v) is 8.58. The predicted octanol–water partition coefficient (Wildman–Crippen LogP) is 3.31. The van der Waals surface area contributed by atoms with E-state index in [2.05, 4.69) is 32.1 Å². The SMILES string of the molecule is COc1cccc(C2CC(C(=O)Nc3ccc(Br)c(C)c3)NN2)c1. The number of amides is 1. The van der Waals surface area contributed by atoms with Crippen molar-refractivity contribution in [3.63, 3.8) is 0 Å². The molecular weight excluding hydrogens is 370 g/mol. The first-order chi connectivity index (χ1) is 11.6. The number of hydrogen-bond donors (Lipinski definition) is 3. The zero-order valence-corrected chi connectivity index (χ0v) is 15.2. The Hall–Kier alpha value is -1.89. The van der Waals surface area contributed by atoms with Crippen molar-refractivity contribution in [3.05, 3.63) is 58.1 Å². The van der Waals surface area contributed by atoms with E-state index < -0.39 is 0 Å². The van der Waals surface area contributed by atoms with Gasteiger partial charge in [0.1, 0.15) is 11.8 Å². The number of nitrogens with one attached hydrogen (secondary N) is 3. The third-order valence-electron chi connectivity index (χ3n) is 4.14. The average Bonchev–Trinajstić information content (AvgIpc) is 3.08. The molecule has 1 aliphatic rings. The third-order valence-corrected chi connectivity index (χ3v) is 5.03. The number of aryl methyl sites for hydroxylation is 1. The monoisotopic (exact) mass is 389 g/mol. The molecule has 2 aromatic carbocycles. The van der Waals surface area contributed by atoms with E-state index in [0.717, 1.165) is 27.0 Å². The number of methoxy groups -OCH3 is 1. The number of halogens is 1. The highest BCUT2D eigenvalue weighted by Gasteiger charge is 2.30. The molecule has 1 amide bonds. The number of hydrogen-bond acceptors (Lipinski definition) is 4. The number of rotatable bonds is 4. The summed E-state index contributed by atoms with van der Waals surface area (Å²) in [7, 11) is 1.65. The van der Waals surface area contributed by atoms with Gasteiger partial charge in [-0.1, -0.05) is 28.1 Å². The molecule has 6 heteroatoms. The summed E-state index contributed by atoms with van der Waals surface area (Å²) in [5.74, 6) is 0.766. The third kappa shape index (κ3) is 3.77. The molecule has 0 spiro atoms. The van der Waals surface area contributed by atoms with Gasteiger partial charge in [0.05, 0.1) is 7.11 Å². The first-order valence-electron chi connectivity index (χ1n) is 7.79. The van der Waals surface area contributed by atoms with Crippen molar-refractivity contribution in [2.24, 2.45) is 0 Å². The molecule has 1 saturated heterocycles. The van der Waals surface area contributed by atoms with Crippen LogP contribution < -0.4 is 20.9 Å². The maximum absolute atomic E-state index is 12.5. The number of carbonyl (C=O) groups is 1. The molecule has 3 N–H and O–H groups in total. The van der Waals surface area contributed by atoms with Crippen LogP contribution in [0.15, 0.2) is 46.9 Å². The summed E-state index contributed by atoms with van der Waals surface area (Å²) >= 11 is 3.46. The summed E-state index contributed by atoms with van der Waals surface area (Å²) in [5.41, 5.74) is 9.24. The summed E-state index contributed by atoms with van der Waals surface area (Å²) < 4.78 is 6.28. The van der Waals surface area contributed by atoms with Gasteiger partial charge in [-0.2, -0.15) is 0 Å². The molecular formula is C18H20BrN3O2. The minimum absolute atomic E-state index is 0.0466. The van der Waals surface area contributed by atoms with Gasteiger partial charge in [-0.25, -0.2) is 10.9 Å². The zero-order valence-electron chi connectivity index (χ0n) is 13.6. The van der Waals surface area contributed by atoms with Crippen LogP contribution in [0.1, 0.15) is 23.6 Å². The maximum atomic E-state index is 12.5. The number of benzene rings is 2. The van der Waals surface area contributed by atoms with Gasteiger partial charge in [-0.05, 0) is 54.8 Å². The summed E-state index contributed by atoms with van der Waals surface area (Å²) in [6, 6.07) is 13.4. The molecule has 0 bridgehead atoms. The molecule has 2 unspecified atom stereocenters. The highest BCUT2D eigenvalue weighted by Crippen LogP contribution is 2.26. The van der Waals surface area contributed by atoms with E-state index in [1.165, 1.54) is 0 Å². The van der Waals surface area contributed by atoms with E-state index in [1.807, 2.05) is 49.4 Å². The molecule has 3 rings (SSSR count). The van der Waals surface area contributed by atoms with Crippen LogP contribution in [0.4, 0.5) is 5.69 Å². The number of hydrazine groups is 1. The zero-order chi connectivity index (χ0) is 17.1. The lowest BCUT2D eigenvalue weighted by molar-refractivity contribution is -0.117. The normalized spacial score (nSPS) is 20.0. The van der Waals surface area contributed by atoms with Crippen LogP contribution >= 0.6 is 15.9 Å². The fourth-order valence-corrected chi connectivity index (χ4v) is 3.00. The molecule has 1 aliphatic heterocycles. The second-order valence-corrected chi connectivity index (χ2v) is 6.71. The van der Waals surface area contributed by atoms with Crippen molar-refractivity contribution in [3.8, 4) is 5.75 Å². The lowest BCUT2D eigenvalue weighted by atomic mass is 10.0. The number of anilines is 1. The highest BCUT2D eigenvalue weighted by atomic mass is 79.9. The van der Waals surface area contributed by atoms with Crippen LogP contribution in [0.3, 0.4) is 0 Å². The molecule has 0 aliphatic carbocycles. The maximum Gasteiger partial charge on any atom is 0.242 e. The summed E-state index contributed by atoms with van der Waals surface area (Å²) in [6.07, 6.45) is 0.675. The predicted molar refractivity (Wildman–Crippen MR) is 97.9 cm³/mol. The van der Waals surface area contributed by atoms with Crippen LogP contribution in [0.5, 0.6) is 5.75 Å².